The number of halogens is 2. The third-order valence-electron chi connectivity index (χ3n) is 5.00. The zero-order chi connectivity index (χ0) is 26.5. The summed E-state index contributed by atoms with van der Waals surface area (Å²) in [5.74, 6) is 4.39. The van der Waals surface area contributed by atoms with Crippen molar-refractivity contribution >= 4 is 23.4 Å². The van der Waals surface area contributed by atoms with Crippen molar-refractivity contribution in [2.24, 2.45) is 0 Å². The molecule has 2 amide bonds. The smallest absolute Gasteiger partial charge is 0.272 e. The first-order chi connectivity index (χ1) is 17.0. The molecule has 1 aromatic heterocycles. The standard InChI is InChI=1S/C27H28ClFN4O3/c1-17-24(26(35)31-27(2,3)4)32-33(25(17)19-9-11-20(28)12-10-19)22-13-8-18(15-21(22)29)7-6-14-30-23(34)16-36-5/h8-13,15H,14,16H2,1-5H3,(H,30,34)(H,31,35). The van der Waals surface area contributed by atoms with Crippen LogP contribution in [0.2, 0.25) is 5.02 Å². The molecule has 9 heteroatoms. The van der Waals surface area contributed by atoms with Gasteiger partial charge < -0.3 is 15.4 Å². The maximum Gasteiger partial charge on any atom is 0.272 e. The van der Waals surface area contributed by atoms with Gasteiger partial charge >= 0.3 is 0 Å². The first kappa shape index (κ1) is 26.9. The van der Waals surface area contributed by atoms with Gasteiger partial charge in [-0.3, -0.25) is 9.59 Å². The molecule has 36 heavy (non-hydrogen) atoms. The number of benzene rings is 2. The summed E-state index contributed by atoms with van der Waals surface area (Å²) in [6, 6.07) is 11.5. The molecule has 0 aliphatic rings. The third kappa shape index (κ3) is 6.72. The molecule has 0 saturated heterocycles. The summed E-state index contributed by atoms with van der Waals surface area (Å²) in [6.07, 6.45) is 0. The van der Waals surface area contributed by atoms with Crippen LogP contribution in [-0.2, 0) is 9.53 Å². The molecule has 3 aromatic rings. The van der Waals surface area contributed by atoms with Gasteiger partial charge in [-0.15, -0.1) is 0 Å². The molecule has 0 spiro atoms. The van der Waals surface area contributed by atoms with Crippen molar-refractivity contribution in [1.82, 2.24) is 20.4 Å². The Morgan fingerprint density at radius 1 is 1.17 bits per heavy atom. The number of amides is 2. The number of nitrogens with zero attached hydrogens (tertiary/aromatic N) is 2. The predicted molar refractivity (Wildman–Crippen MR) is 138 cm³/mol. The molecule has 1 heterocycles. The topological polar surface area (TPSA) is 85.2 Å². The van der Waals surface area contributed by atoms with Crippen LogP contribution in [0.5, 0.6) is 0 Å². The van der Waals surface area contributed by atoms with E-state index >= 15 is 4.39 Å². The minimum absolute atomic E-state index is 0.0555. The fourth-order valence-corrected chi connectivity index (χ4v) is 3.59. The fourth-order valence-electron chi connectivity index (χ4n) is 3.46. The van der Waals surface area contributed by atoms with Crippen LogP contribution in [-0.4, -0.2) is 47.4 Å². The Kier molecular flexibility index (Phi) is 8.51. The summed E-state index contributed by atoms with van der Waals surface area (Å²) in [6.45, 7) is 7.46. The average Bonchev–Trinajstić information content (AvgIpc) is 3.13. The highest BCUT2D eigenvalue weighted by atomic mass is 35.5. The first-order valence-corrected chi connectivity index (χ1v) is 11.6. The van der Waals surface area contributed by atoms with E-state index < -0.39 is 11.4 Å². The Morgan fingerprint density at radius 2 is 1.86 bits per heavy atom. The lowest BCUT2D eigenvalue weighted by atomic mass is 10.0. The van der Waals surface area contributed by atoms with Gasteiger partial charge in [-0.05, 0) is 58.0 Å². The highest BCUT2D eigenvalue weighted by Gasteiger charge is 2.25. The molecule has 2 aromatic carbocycles. The van der Waals surface area contributed by atoms with Crippen molar-refractivity contribution in [3.05, 3.63) is 70.1 Å². The summed E-state index contributed by atoms with van der Waals surface area (Å²) in [5, 5.41) is 10.5. The highest BCUT2D eigenvalue weighted by molar-refractivity contribution is 6.30. The molecule has 0 aliphatic heterocycles. The van der Waals surface area contributed by atoms with Gasteiger partial charge in [-0.25, -0.2) is 9.07 Å². The van der Waals surface area contributed by atoms with E-state index in [1.165, 1.54) is 17.9 Å². The van der Waals surface area contributed by atoms with Crippen molar-refractivity contribution < 1.29 is 18.7 Å². The Bertz CT molecular complexity index is 1330. The molecule has 0 saturated carbocycles. The van der Waals surface area contributed by atoms with E-state index in [4.69, 9.17) is 16.3 Å². The molecule has 0 fully saturated rings. The van der Waals surface area contributed by atoms with Gasteiger partial charge in [0, 0.05) is 34.4 Å². The lowest BCUT2D eigenvalue weighted by molar-refractivity contribution is -0.124. The largest absolute Gasteiger partial charge is 0.375 e. The van der Waals surface area contributed by atoms with E-state index in [1.807, 2.05) is 20.8 Å². The molecule has 0 unspecified atom stereocenters. The fraction of sp³-hybridized carbons (Fsp3) is 0.296. The Morgan fingerprint density at radius 3 is 2.47 bits per heavy atom. The molecular formula is C27H28ClFN4O3. The maximum atomic E-state index is 15.3. The number of aromatic nitrogens is 2. The van der Waals surface area contributed by atoms with Crippen LogP contribution in [0, 0.1) is 24.6 Å². The lowest BCUT2D eigenvalue weighted by Gasteiger charge is -2.19. The monoisotopic (exact) mass is 510 g/mol. The van der Waals surface area contributed by atoms with Crippen LogP contribution < -0.4 is 10.6 Å². The zero-order valence-corrected chi connectivity index (χ0v) is 21.6. The second-order valence-corrected chi connectivity index (χ2v) is 9.56. The van der Waals surface area contributed by atoms with Crippen LogP contribution in [0.3, 0.4) is 0 Å². The predicted octanol–water partition coefficient (Wildman–Crippen LogP) is 4.28. The number of hydrogen-bond acceptors (Lipinski definition) is 4. The Balaban J connectivity index is 2.01. The molecule has 3 rings (SSSR count). The lowest BCUT2D eigenvalue weighted by Crippen LogP contribution is -2.41. The quantitative estimate of drug-likeness (QED) is 0.485. The Hall–Kier alpha value is -3.67. The van der Waals surface area contributed by atoms with Crippen LogP contribution in [0.25, 0.3) is 16.9 Å². The number of methoxy groups -OCH3 is 1. The normalized spacial score (nSPS) is 11.0. The van der Waals surface area contributed by atoms with E-state index in [0.717, 1.165) is 5.56 Å². The SMILES string of the molecule is COCC(=O)NCC#Cc1ccc(-n2nc(C(=O)NC(C)(C)C)c(C)c2-c2ccc(Cl)cc2)c(F)c1. The van der Waals surface area contributed by atoms with Gasteiger partial charge in [-0.1, -0.05) is 35.6 Å². The van der Waals surface area contributed by atoms with Gasteiger partial charge in [0.05, 0.1) is 12.2 Å². The minimum atomic E-state index is -0.564. The third-order valence-corrected chi connectivity index (χ3v) is 5.25. The van der Waals surface area contributed by atoms with E-state index in [-0.39, 0.29) is 36.3 Å². The maximum absolute atomic E-state index is 15.3. The summed E-state index contributed by atoms with van der Waals surface area (Å²) < 4.78 is 21.5. The number of nitrogens with one attached hydrogen (secondary N) is 2. The first-order valence-electron chi connectivity index (χ1n) is 11.2. The number of carbonyl (C=O) groups is 2. The minimum Gasteiger partial charge on any atom is -0.375 e. The molecular weight excluding hydrogens is 483 g/mol. The molecule has 0 radical (unpaired) electrons. The second kappa shape index (κ2) is 11.4. The van der Waals surface area contributed by atoms with E-state index in [1.54, 1.807) is 43.3 Å². The van der Waals surface area contributed by atoms with Crippen molar-refractivity contribution in [1.29, 1.82) is 0 Å². The zero-order valence-electron chi connectivity index (χ0n) is 20.8. The van der Waals surface area contributed by atoms with Gasteiger partial charge in [0.15, 0.2) is 5.69 Å². The second-order valence-electron chi connectivity index (χ2n) is 9.12. The number of carbonyl (C=O) groups excluding carboxylic acids is 2. The number of hydrogen-bond donors (Lipinski definition) is 2. The van der Waals surface area contributed by atoms with Gasteiger partial charge in [0.25, 0.3) is 5.91 Å². The molecule has 0 atom stereocenters. The van der Waals surface area contributed by atoms with Gasteiger partial charge in [0.1, 0.15) is 18.1 Å². The Labute approximate surface area is 215 Å². The molecule has 0 aliphatic carbocycles. The summed E-state index contributed by atoms with van der Waals surface area (Å²) in [4.78, 5) is 24.4. The van der Waals surface area contributed by atoms with Crippen molar-refractivity contribution in [2.45, 2.75) is 33.2 Å². The van der Waals surface area contributed by atoms with E-state index in [2.05, 4.69) is 27.6 Å². The van der Waals surface area contributed by atoms with Crippen LogP contribution in [0.1, 0.15) is 42.4 Å². The highest BCUT2D eigenvalue weighted by Crippen LogP contribution is 2.31. The number of rotatable bonds is 6. The molecule has 2 N–H and O–H groups in total. The molecule has 7 nitrogen and oxygen atoms in total. The van der Waals surface area contributed by atoms with Crippen molar-refractivity contribution in [2.75, 3.05) is 20.3 Å². The van der Waals surface area contributed by atoms with Crippen LogP contribution >= 0.6 is 11.6 Å². The molecule has 188 valence electrons. The van der Waals surface area contributed by atoms with Crippen LogP contribution in [0.4, 0.5) is 4.39 Å². The average molecular weight is 511 g/mol. The van der Waals surface area contributed by atoms with E-state index in [0.29, 0.717) is 21.8 Å². The van der Waals surface area contributed by atoms with Crippen molar-refractivity contribution in [3.63, 3.8) is 0 Å². The van der Waals surface area contributed by atoms with Crippen LogP contribution in [0.15, 0.2) is 42.5 Å². The number of ether oxygens (including phenoxy) is 1. The van der Waals surface area contributed by atoms with Gasteiger partial charge in [0.2, 0.25) is 5.91 Å². The van der Waals surface area contributed by atoms with Crippen molar-refractivity contribution in [3.8, 4) is 28.8 Å². The summed E-state index contributed by atoms with van der Waals surface area (Å²) in [5.41, 5.74) is 2.23. The van der Waals surface area contributed by atoms with E-state index in [9.17, 15) is 9.59 Å². The summed E-state index contributed by atoms with van der Waals surface area (Å²) in [7, 11) is 1.43. The van der Waals surface area contributed by atoms with Gasteiger partial charge in [-0.2, -0.15) is 5.10 Å². The summed E-state index contributed by atoms with van der Waals surface area (Å²) >= 11 is 6.06. The molecule has 0 bridgehead atoms.